The van der Waals surface area contributed by atoms with Crippen molar-refractivity contribution >= 4 is 29.2 Å². The molecule has 1 saturated carbocycles. The Morgan fingerprint density at radius 1 is 1.08 bits per heavy atom. The Labute approximate surface area is 157 Å². The molecule has 1 saturated heterocycles. The van der Waals surface area contributed by atoms with Crippen molar-refractivity contribution in [2.24, 2.45) is 11.8 Å². The van der Waals surface area contributed by atoms with Crippen molar-refractivity contribution in [1.29, 1.82) is 0 Å². The number of nitrogens with zero attached hydrogens (tertiary/aromatic N) is 1. The van der Waals surface area contributed by atoms with E-state index in [1.54, 1.807) is 12.1 Å². The standard InChI is InChI=1S/C20H20ClN3O2/c21-16-5-1-13(2-6-16)10-22-20(26)23-17-7-3-14(4-8-17)11-24-12-15-9-18(15)19(24)25/h1-8,15,18H,9-12H2,(H2,22,23,26). The van der Waals surface area contributed by atoms with Gasteiger partial charge in [-0.25, -0.2) is 4.79 Å². The molecule has 134 valence electrons. The highest BCUT2D eigenvalue weighted by Gasteiger charge is 2.51. The fourth-order valence-electron chi connectivity index (χ4n) is 3.38. The summed E-state index contributed by atoms with van der Waals surface area (Å²) in [7, 11) is 0. The van der Waals surface area contributed by atoms with Gasteiger partial charge in [0, 0.05) is 36.3 Å². The summed E-state index contributed by atoms with van der Waals surface area (Å²) >= 11 is 5.84. The number of carbonyl (C=O) groups excluding carboxylic acids is 2. The minimum absolute atomic E-state index is 0.262. The molecule has 4 rings (SSSR count). The van der Waals surface area contributed by atoms with E-state index in [0.717, 1.165) is 29.8 Å². The van der Waals surface area contributed by atoms with Crippen LogP contribution in [0.3, 0.4) is 0 Å². The summed E-state index contributed by atoms with van der Waals surface area (Å²) in [6.07, 6.45) is 1.07. The molecule has 2 N–H and O–H groups in total. The van der Waals surface area contributed by atoms with Crippen LogP contribution >= 0.6 is 11.6 Å². The molecule has 1 heterocycles. The smallest absolute Gasteiger partial charge is 0.319 e. The van der Waals surface area contributed by atoms with Crippen LogP contribution in [-0.4, -0.2) is 23.4 Å². The highest BCUT2D eigenvalue weighted by Crippen LogP contribution is 2.46. The average Bonchev–Trinajstić information content (AvgIpc) is 3.34. The van der Waals surface area contributed by atoms with Gasteiger partial charge in [0.05, 0.1) is 0 Å². The van der Waals surface area contributed by atoms with Gasteiger partial charge in [-0.15, -0.1) is 0 Å². The molecule has 26 heavy (non-hydrogen) atoms. The lowest BCUT2D eigenvalue weighted by atomic mass is 10.2. The van der Waals surface area contributed by atoms with Crippen LogP contribution in [0.15, 0.2) is 48.5 Å². The third kappa shape index (κ3) is 3.83. The van der Waals surface area contributed by atoms with E-state index in [9.17, 15) is 9.59 Å². The Bertz CT molecular complexity index is 820. The summed E-state index contributed by atoms with van der Waals surface area (Å²) < 4.78 is 0. The first-order valence-electron chi connectivity index (χ1n) is 8.75. The van der Waals surface area contributed by atoms with Crippen molar-refractivity contribution in [2.75, 3.05) is 11.9 Å². The van der Waals surface area contributed by atoms with Gasteiger partial charge >= 0.3 is 6.03 Å². The Morgan fingerprint density at radius 3 is 2.42 bits per heavy atom. The molecule has 2 unspecified atom stereocenters. The van der Waals surface area contributed by atoms with Crippen molar-refractivity contribution in [3.63, 3.8) is 0 Å². The Balaban J connectivity index is 1.26. The minimum Gasteiger partial charge on any atom is -0.338 e. The van der Waals surface area contributed by atoms with Crippen LogP contribution in [0.4, 0.5) is 10.5 Å². The number of benzene rings is 2. The number of amides is 3. The summed E-state index contributed by atoms with van der Waals surface area (Å²) in [4.78, 5) is 26.0. The number of anilines is 1. The predicted molar refractivity (Wildman–Crippen MR) is 101 cm³/mol. The molecule has 1 aliphatic heterocycles. The van der Waals surface area contributed by atoms with Crippen LogP contribution in [0.5, 0.6) is 0 Å². The van der Waals surface area contributed by atoms with Crippen LogP contribution in [0, 0.1) is 11.8 Å². The quantitative estimate of drug-likeness (QED) is 0.845. The fraction of sp³-hybridized carbons (Fsp3) is 0.300. The van der Waals surface area contributed by atoms with Gasteiger partial charge in [-0.3, -0.25) is 4.79 Å². The van der Waals surface area contributed by atoms with Gasteiger partial charge < -0.3 is 15.5 Å². The third-order valence-corrected chi connectivity index (χ3v) is 5.21. The summed E-state index contributed by atoms with van der Waals surface area (Å²) in [5.41, 5.74) is 2.78. The number of hydrogen-bond donors (Lipinski definition) is 2. The van der Waals surface area contributed by atoms with Gasteiger partial charge in [-0.05, 0) is 47.7 Å². The summed E-state index contributed by atoms with van der Waals surface area (Å²) in [5.74, 6) is 1.17. The maximum Gasteiger partial charge on any atom is 0.319 e. The van der Waals surface area contributed by atoms with Gasteiger partial charge in [0.25, 0.3) is 0 Å². The summed E-state index contributed by atoms with van der Waals surface area (Å²) in [5, 5.41) is 6.29. The first kappa shape index (κ1) is 16.9. The molecular weight excluding hydrogens is 350 g/mol. The van der Waals surface area contributed by atoms with E-state index in [-0.39, 0.29) is 6.03 Å². The zero-order valence-electron chi connectivity index (χ0n) is 14.2. The highest BCUT2D eigenvalue weighted by molar-refractivity contribution is 6.30. The number of fused-ring (bicyclic) bond motifs is 1. The number of likely N-dealkylation sites (tertiary alicyclic amines) is 1. The number of piperidine rings is 1. The monoisotopic (exact) mass is 369 g/mol. The highest BCUT2D eigenvalue weighted by atomic mass is 35.5. The molecule has 2 atom stereocenters. The molecule has 2 aromatic carbocycles. The normalized spacial score (nSPS) is 20.7. The van der Waals surface area contributed by atoms with Gasteiger partial charge in [0.1, 0.15) is 0 Å². The lowest BCUT2D eigenvalue weighted by Gasteiger charge is -2.18. The maximum absolute atomic E-state index is 12.0. The van der Waals surface area contributed by atoms with E-state index in [2.05, 4.69) is 10.6 Å². The van der Waals surface area contributed by atoms with Crippen molar-refractivity contribution in [3.05, 3.63) is 64.7 Å². The first-order valence-corrected chi connectivity index (χ1v) is 9.13. The van der Waals surface area contributed by atoms with Gasteiger partial charge in [0.15, 0.2) is 0 Å². The van der Waals surface area contributed by atoms with Gasteiger partial charge in [0.2, 0.25) is 5.91 Å². The number of urea groups is 1. The number of nitrogens with one attached hydrogen (secondary N) is 2. The molecule has 3 amide bonds. The maximum atomic E-state index is 12.0. The molecule has 2 fully saturated rings. The topological polar surface area (TPSA) is 61.4 Å². The number of rotatable bonds is 5. The van der Waals surface area contributed by atoms with E-state index in [1.165, 1.54) is 0 Å². The van der Waals surface area contributed by atoms with Crippen molar-refractivity contribution < 1.29 is 9.59 Å². The minimum atomic E-state index is -0.262. The van der Waals surface area contributed by atoms with Crippen LogP contribution in [0.25, 0.3) is 0 Å². The molecule has 0 spiro atoms. The van der Waals surface area contributed by atoms with Gasteiger partial charge in [-0.1, -0.05) is 35.9 Å². The average molecular weight is 370 g/mol. The molecule has 6 heteroatoms. The lowest BCUT2D eigenvalue weighted by molar-refractivity contribution is -0.130. The van der Waals surface area contributed by atoms with Crippen LogP contribution < -0.4 is 10.6 Å². The van der Waals surface area contributed by atoms with Crippen LogP contribution in [0.1, 0.15) is 17.5 Å². The van der Waals surface area contributed by atoms with Gasteiger partial charge in [-0.2, -0.15) is 0 Å². The van der Waals surface area contributed by atoms with E-state index >= 15 is 0 Å². The molecule has 2 aromatic rings. The molecule has 2 aliphatic rings. The van der Waals surface area contributed by atoms with E-state index in [4.69, 9.17) is 11.6 Å². The lowest BCUT2D eigenvalue weighted by Crippen LogP contribution is -2.28. The van der Waals surface area contributed by atoms with E-state index in [1.807, 2.05) is 41.3 Å². The van der Waals surface area contributed by atoms with Crippen LogP contribution in [0.2, 0.25) is 5.02 Å². The number of carbonyl (C=O) groups is 2. The zero-order chi connectivity index (χ0) is 18.1. The van der Waals surface area contributed by atoms with Crippen molar-refractivity contribution in [1.82, 2.24) is 10.2 Å². The Morgan fingerprint density at radius 2 is 1.77 bits per heavy atom. The molecule has 5 nitrogen and oxygen atoms in total. The second-order valence-corrected chi connectivity index (χ2v) is 7.39. The Hall–Kier alpha value is -2.53. The molecular formula is C20H20ClN3O2. The summed E-state index contributed by atoms with van der Waals surface area (Å²) in [6, 6.07) is 14.7. The second kappa shape index (κ2) is 7.00. The Kier molecular flexibility index (Phi) is 4.55. The second-order valence-electron chi connectivity index (χ2n) is 6.95. The SMILES string of the molecule is O=C(NCc1ccc(Cl)cc1)Nc1ccc(CN2CC3CC3C2=O)cc1. The first-order chi connectivity index (χ1) is 12.6. The largest absolute Gasteiger partial charge is 0.338 e. The number of halogens is 1. The molecule has 1 aliphatic carbocycles. The van der Waals surface area contributed by atoms with Crippen molar-refractivity contribution in [2.45, 2.75) is 19.5 Å². The van der Waals surface area contributed by atoms with Crippen molar-refractivity contribution in [3.8, 4) is 0 Å². The van der Waals surface area contributed by atoms with Crippen LogP contribution in [-0.2, 0) is 17.9 Å². The zero-order valence-corrected chi connectivity index (χ0v) is 15.0. The fourth-order valence-corrected chi connectivity index (χ4v) is 3.50. The van der Waals surface area contributed by atoms with E-state index < -0.39 is 0 Å². The van der Waals surface area contributed by atoms with E-state index in [0.29, 0.717) is 35.9 Å². The third-order valence-electron chi connectivity index (χ3n) is 4.96. The number of hydrogen-bond acceptors (Lipinski definition) is 2. The molecule has 0 radical (unpaired) electrons. The predicted octanol–water partition coefficient (Wildman–Crippen LogP) is 3.64. The molecule has 0 aromatic heterocycles. The molecule has 0 bridgehead atoms. The summed E-state index contributed by atoms with van der Waals surface area (Å²) in [6.45, 7) is 1.96.